The van der Waals surface area contributed by atoms with E-state index >= 15 is 0 Å². The number of rotatable bonds is 1. The molecule has 21 heavy (non-hydrogen) atoms. The highest BCUT2D eigenvalue weighted by Gasteiger charge is 2.52. The van der Waals surface area contributed by atoms with Crippen molar-refractivity contribution in [2.75, 3.05) is 11.4 Å². The van der Waals surface area contributed by atoms with Gasteiger partial charge in [0.1, 0.15) is 0 Å². The zero-order chi connectivity index (χ0) is 15.4. The van der Waals surface area contributed by atoms with Crippen molar-refractivity contribution in [3.8, 4) is 0 Å². The van der Waals surface area contributed by atoms with Crippen LogP contribution < -0.4 is 4.90 Å². The van der Waals surface area contributed by atoms with Gasteiger partial charge in [0.25, 0.3) is 5.91 Å². The normalized spacial score (nSPS) is 24.9. The minimum atomic E-state index is -4.74. The molecule has 3 rings (SSSR count). The van der Waals surface area contributed by atoms with Crippen molar-refractivity contribution < 1.29 is 22.8 Å². The van der Waals surface area contributed by atoms with Crippen molar-refractivity contribution in [2.24, 2.45) is 16.1 Å². The molecule has 0 radical (unpaired) electrons. The van der Waals surface area contributed by atoms with Crippen molar-refractivity contribution in [2.45, 2.75) is 12.2 Å². The molecule has 2 amide bonds. The van der Waals surface area contributed by atoms with Crippen LogP contribution in [0.4, 0.5) is 18.9 Å². The molecule has 2 aliphatic heterocycles. The number of halogens is 4. The van der Waals surface area contributed by atoms with Crippen LogP contribution in [0, 0.1) is 5.92 Å². The van der Waals surface area contributed by atoms with Crippen LogP contribution in [0.2, 0.25) is 5.02 Å². The molecule has 0 unspecified atom stereocenters. The maximum atomic E-state index is 13.1. The summed E-state index contributed by atoms with van der Waals surface area (Å²) in [6.07, 6.45) is -4.74. The minimum absolute atomic E-state index is 0.0146. The highest BCUT2D eigenvalue weighted by Crippen LogP contribution is 2.41. The molecule has 1 aromatic carbocycles. The third-order valence-corrected chi connectivity index (χ3v) is 3.62. The smallest absolute Gasteiger partial charge is 0.274 e. The number of carbonyl (C=O) groups excluding carboxylic acids is 2. The molecule has 110 valence electrons. The van der Waals surface area contributed by atoms with Crippen LogP contribution >= 0.6 is 11.6 Å². The molecule has 0 saturated carbocycles. The fraction of sp³-hybridized carbons (Fsp3) is 0.333. The predicted molar refractivity (Wildman–Crippen MR) is 65.9 cm³/mol. The van der Waals surface area contributed by atoms with Crippen LogP contribution in [0.1, 0.15) is 5.56 Å². The number of amides is 2. The number of alkyl halides is 3. The third-order valence-electron chi connectivity index (χ3n) is 3.38. The standard InChI is InChI=1S/C12H7ClF3N3O2/c13-5-1-2-8(7(3-5)12(14,15)16)19-10(20)6-4-17-18-9(6)11(19)21/h1-3,6,9H,4H2/t6-,9+/m1/s1. The Hall–Kier alpha value is -1.96. The van der Waals surface area contributed by atoms with E-state index in [0.717, 1.165) is 6.07 Å². The van der Waals surface area contributed by atoms with E-state index < -0.39 is 41.2 Å². The number of hydrogen-bond acceptors (Lipinski definition) is 4. The molecular formula is C12H7ClF3N3O2. The maximum absolute atomic E-state index is 13.1. The van der Waals surface area contributed by atoms with Gasteiger partial charge in [-0.15, -0.1) is 0 Å². The van der Waals surface area contributed by atoms with Gasteiger partial charge in [-0.2, -0.15) is 23.4 Å². The van der Waals surface area contributed by atoms with Crippen LogP contribution in [-0.2, 0) is 15.8 Å². The summed E-state index contributed by atoms with van der Waals surface area (Å²) >= 11 is 5.58. The maximum Gasteiger partial charge on any atom is 0.418 e. The number of azo groups is 1. The predicted octanol–water partition coefficient (Wildman–Crippen LogP) is 2.68. The van der Waals surface area contributed by atoms with Gasteiger partial charge in [-0.1, -0.05) is 11.6 Å². The Morgan fingerprint density at radius 3 is 2.57 bits per heavy atom. The zero-order valence-corrected chi connectivity index (χ0v) is 11.0. The summed E-state index contributed by atoms with van der Waals surface area (Å²) < 4.78 is 39.2. The number of imide groups is 1. The quantitative estimate of drug-likeness (QED) is 0.748. The average molecular weight is 318 g/mol. The Kier molecular flexibility index (Phi) is 3.01. The van der Waals surface area contributed by atoms with Crippen molar-refractivity contribution in [3.63, 3.8) is 0 Å². The SMILES string of the molecule is O=C1[C@H]2N=NC[C@H]2C(=O)N1c1ccc(Cl)cc1C(F)(F)F. The lowest BCUT2D eigenvalue weighted by atomic mass is 10.1. The summed E-state index contributed by atoms with van der Waals surface area (Å²) in [5, 5.41) is 7.08. The summed E-state index contributed by atoms with van der Waals surface area (Å²) in [4.78, 5) is 24.8. The number of hydrogen-bond donors (Lipinski definition) is 0. The van der Waals surface area contributed by atoms with Crippen LogP contribution in [0.25, 0.3) is 0 Å². The summed E-state index contributed by atoms with van der Waals surface area (Å²) in [5.74, 6) is -2.32. The molecule has 1 aromatic rings. The number of anilines is 1. The number of fused-ring (bicyclic) bond motifs is 1. The van der Waals surface area contributed by atoms with E-state index in [4.69, 9.17) is 11.6 Å². The Balaban J connectivity index is 2.11. The molecule has 0 bridgehead atoms. The van der Waals surface area contributed by atoms with Crippen molar-refractivity contribution in [1.29, 1.82) is 0 Å². The molecular weight excluding hydrogens is 311 g/mol. The molecule has 0 aromatic heterocycles. The molecule has 1 fully saturated rings. The van der Waals surface area contributed by atoms with E-state index in [0.29, 0.717) is 11.0 Å². The topological polar surface area (TPSA) is 62.1 Å². The number of nitrogens with zero attached hydrogens (tertiary/aromatic N) is 3. The highest BCUT2D eigenvalue weighted by molar-refractivity contribution is 6.31. The monoisotopic (exact) mass is 317 g/mol. The van der Waals surface area contributed by atoms with Crippen LogP contribution in [0.5, 0.6) is 0 Å². The lowest BCUT2D eigenvalue weighted by molar-refractivity contribution is -0.137. The van der Waals surface area contributed by atoms with Crippen molar-refractivity contribution in [1.82, 2.24) is 0 Å². The summed E-state index contributed by atoms with van der Waals surface area (Å²) in [6, 6.07) is 1.88. The molecule has 9 heteroatoms. The summed E-state index contributed by atoms with van der Waals surface area (Å²) in [6.45, 7) is 0.0146. The molecule has 1 saturated heterocycles. The Bertz CT molecular complexity index is 674. The number of benzene rings is 1. The van der Waals surface area contributed by atoms with Gasteiger partial charge in [-0.05, 0) is 18.2 Å². The fourth-order valence-corrected chi connectivity index (χ4v) is 2.58. The van der Waals surface area contributed by atoms with E-state index in [2.05, 4.69) is 10.2 Å². The van der Waals surface area contributed by atoms with Gasteiger partial charge in [0.05, 0.1) is 23.7 Å². The molecule has 2 aliphatic rings. The summed E-state index contributed by atoms with van der Waals surface area (Å²) in [5.41, 5.74) is -1.65. The lowest BCUT2D eigenvalue weighted by Gasteiger charge is -2.20. The molecule has 5 nitrogen and oxygen atoms in total. The second kappa shape index (κ2) is 4.52. The summed E-state index contributed by atoms with van der Waals surface area (Å²) in [7, 11) is 0. The van der Waals surface area contributed by atoms with Gasteiger partial charge < -0.3 is 0 Å². The van der Waals surface area contributed by atoms with Gasteiger partial charge in [-0.3, -0.25) is 9.59 Å². The van der Waals surface area contributed by atoms with E-state index in [1.54, 1.807) is 0 Å². The van der Waals surface area contributed by atoms with Crippen molar-refractivity contribution >= 4 is 29.1 Å². The minimum Gasteiger partial charge on any atom is -0.274 e. The first kappa shape index (κ1) is 14.0. The zero-order valence-electron chi connectivity index (χ0n) is 10.3. The second-order valence-electron chi connectivity index (χ2n) is 4.66. The molecule has 2 atom stereocenters. The third kappa shape index (κ3) is 2.10. The average Bonchev–Trinajstić information content (AvgIpc) is 2.95. The van der Waals surface area contributed by atoms with Gasteiger partial charge in [0.15, 0.2) is 6.04 Å². The molecule has 0 aliphatic carbocycles. The van der Waals surface area contributed by atoms with Gasteiger partial charge in [0.2, 0.25) is 5.91 Å². The van der Waals surface area contributed by atoms with E-state index in [-0.39, 0.29) is 11.6 Å². The molecule has 0 spiro atoms. The van der Waals surface area contributed by atoms with Crippen LogP contribution in [0.3, 0.4) is 0 Å². The van der Waals surface area contributed by atoms with Crippen LogP contribution in [0.15, 0.2) is 28.4 Å². The highest BCUT2D eigenvalue weighted by atomic mass is 35.5. The van der Waals surface area contributed by atoms with E-state index in [9.17, 15) is 22.8 Å². The fourth-order valence-electron chi connectivity index (χ4n) is 2.41. The first-order chi connectivity index (χ1) is 9.80. The lowest BCUT2D eigenvalue weighted by Crippen LogP contribution is -2.33. The van der Waals surface area contributed by atoms with E-state index in [1.165, 1.54) is 6.07 Å². The van der Waals surface area contributed by atoms with E-state index in [1.807, 2.05) is 0 Å². The molecule has 2 heterocycles. The Labute approximate surface area is 121 Å². The van der Waals surface area contributed by atoms with Crippen molar-refractivity contribution in [3.05, 3.63) is 28.8 Å². The van der Waals surface area contributed by atoms with Crippen LogP contribution in [-0.4, -0.2) is 24.4 Å². The van der Waals surface area contributed by atoms with Gasteiger partial charge in [0, 0.05) is 5.02 Å². The largest absolute Gasteiger partial charge is 0.418 e. The van der Waals surface area contributed by atoms with Gasteiger partial charge >= 0.3 is 6.18 Å². The Morgan fingerprint density at radius 2 is 1.95 bits per heavy atom. The Morgan fingerprint density at radius 1 is 1.24 bits per heavy atom. The first-order valence-electron chi connectivity index (χ1n) is 5.92. The number of carbonyl (C=O) groups is 2. The first-order valence-corrected chi connectivity index (χ1v) is 6.29. The molecule has 0 N–H and O–H groups in total. The van der Waals surface area contributed by atoms with Gasteiger partial charge in [-0.25, -0.2) is 4.90 Å². The second-order valence-corrected chi connectivity index (χ2v) is 5.10.